The summed E-state index contributed by atoms with van der Waals surface area (Å²) in [4.78, 5) is 12.0. The molecule has 2 N–H and O–H groups in total. The van der Waals surface area contributed by atoms with Gasteiger partial charge in [-0.25, -0.2) is 5.43 Å². The number of H-pyrrole nitrogens is 1. The molecule has 0 spiro atoms. The van der Waals surface area contributed by atoms with Gasteiger partial charge in [0.05, 0.1) is 20.4 Å². The van der Waals surface area contributed by atoms with Crippen LogP contribution in [0.25, 0.3) is 0 Å². The molecule has 0 aliphatic carbocycles. The Kier molecular flexibility index (Phi) is 5.35. The number of hydrogen-bond acceptors (Lipinski definition) is 5. The average Bonchev–Trinajstić information content (AvgIpc) is 3.05. The fourth-order valence-corrected chi connectivity index (χ4v) is 1.91. The second-order valence-electron chi connectivity index (χ2n) is 5.17. The maximum absolute atomic E-state index is 12.0. The lowest BCUT2D eigenvalue weighted by atomic mass is 10.1. The number of nitrogens with zero attached hydrogens (tertiary/aromatic N) is 2. The van der Waals surface area contributed by atoms with Gasteiger partial charge in [0.2, 0.25) is 0 Å². The number of benzene rings is 1. The van der Waals surface area contributed by atoms with E-state index in [9.17, 15) is 4.79 Å². The molecule has 0 saturated heterocycles. The highest BCUT2D eigenvalue weighted by Crippen LogP contribution is 2.22. The van der Waals surface area contributed by atoms with Crippen LogP contribution in [0.2, 0.25) is 0 Å². The molecule has 0 aliphatic heterocycles. The molecule has 0 radical (unpaired) electrons. The van der Waals surface area contributed by atoms with E-state index in [-0.39, 0.29) is 11.8 Å². The maximum Gasteiger partial charge on any atom is 0.291 e. The summed E-state index contributed by atoms with van der Waals surface area (Å²) in [5.41, 5.74) is 4.32. The lowest BCUT2D eigenvalue weighted by Gasteiger charge is -2.06. The zero-order chi connectivity index (χ0) is 16.8. The first-order chi connectivity index (χ1) is 11.0. The summed E-state index contributed by atoms with van der Waals surface area (Å²) in [5, 5.41) is 10.7. The van der Waals surface area contributed by atoms with Crippen molar-refractivity contribution in [3.05, 3.63) is 41.2 Å². The van der Waals surface area contributed by atoms with Crippen LogP contribution in [0, 0.1) is 0 Å². The van der Waals surface area contributed by atoms with Gasteiger partial charge in [0.25, 0.3) is 5.91 Å². The Balaban J connectivity index is 2.07. The van der Waals surface area contributed by atoms with Crippen molar-refractivity contribution < 1.29 is 14.3 Å². The third-order valence-corrected chi connectivity index (χ3v) is 3.26. The Morgan fingerprint density at radius 3 is 2.70 bits per heavy atom. The predicted molar refractivity (Wildman–Crippen MR) is 87.3 cm³/mol. The molecule has 7 nitrogen and oxygen atoms in total. The monoisotopic (exact) mass is 316 g/mol. The van der Waals surface area contributed by atoms with Crippen LogP contribution in [0.15, 0.2) is 29.4 Å². The fraction of sp³-hybridized carbons (Fsp3) is 0.312. The second-order valence-corrected chi connectivity index (χ2v) is 5.17. The average molecular weight is 316 g/mol. The fourth-order valence-electron chi connectivity index (χ4n) is 1.91. The van der Waals surface area contributed by atoms with Crippen LogP contribution in [-0.4, -0.2) is 36.5 Å². The van der Waals surface area contributed by atoms with Crippen LogP contribution in [0.4, 0.5) is 0 Å². The minimum absolute atomic E-state index is 0.272. The first-order valence-corrected chi connectivity index (χ1v) is 7.16. The zero-order valence-corrected chi connectivity index (χ0v) is 13.6. The Morgan fingerprint density at radius 1 is 1.30 bits per heavy atom. The lowest BCUT2D eigenvalue weighted by Crippen LogP contribution is -2.18. The summed E-state index contributed by atoms with van der Waals surface area (Å²) < 4.78 is 10.4. The molecule has 0 unspecified atom stereocenters. The number of carbonyl (C=O) groups excluding carboxylic acids is 1. The summed E-state index contributed by atoms with van der Waals surface area (Å²) in [6.45, 7) is 4.03. The van der Waals surface area contributed by atoms with Crippen molar-refractivity contribution in [2.75, 3.05) is 14.2 Å². The molecular weight excluding hydrogens is 296 g/mol. The summed E-state index contributed by atoms with van der Waals surface area (Å²) in [6.07, 6.45) is 1.50. The minimum atomic E-state index is -0.383. The topological polar surface area (TPSA) is 88.6 Å². The van der Waals surface area contributed by atoms with Gasteiger partial charge in [-0.15, -0.1) is 0 Å². The van der Waals surface area contributed by atoms with Gasteiger partial charge >= 0.3 is 0 Å². The molecule has 2 rings (SSSR count). The summed E-state index contributed by atoms with van der Waals surface area (Å²) >= 11 is 0. The van der Waals surface area contributed by atoms with Crippen LogP contribution in [-0.2, 0) is 0 Å². The molecule has 0 atom stereocenters. The molecule has 2 aromatic rings. The van der Waals surface area contributed by atoms with E-state index in [2.05, 4.69) is 20.7 Å². The van der Waals surface area contributed by atoms with Crippen LogP contribution in [0.3, 0.4) is 0 Å². The van der Waals surface area contributed by atoms with Crippen molar-refractivity contribution in [1.82, 2.24) is 15.6 Å². The molecule has 0 aliphatic rings. The predicted octanol–water partition coefficient (Wildman–Crippen LogP) is 2.31. The number of aromatic amines is 1. The highest BCUT2D eigenvalue weighted by Gasteiger charge is 2.11. The molecule has 0 bridgehead atoms. The number of nitrogens with one attached hydrogen (secondary N) is 2. The molecule has 1 heterocycles. The number of amides is 1. The molecular formula is C16H20N4O3. The van der Waals surface area contributed by atoms with E-state index in [0.29, 0.717) is 22.8 Å². The standard InChI is InChI=1S/C16H20N4O3/c1-10(2)13-8-14(19-18-13)16(21)20-17-9-11-7-12(22-3)5-6-15(11)23-4/h5-10H,1-4H3,(H,18,19)(H,20,21). The van der Waals surface area contributed by atoms with Crippen molar-refractivity contribution >= 4 is 12.1 Å². The third-order valence-electron chi connectivity index (χ3n) is 3.26. The van der Waals surface area contributed by atoms with E-state index < -0.39 is 0 Å². The summed E-state index contributed by atoms with van der Waals surface area (Å²) in [6, 6.07) is 7.03. The van der Waals surface area contributed by atoms with Gasteiger partial charge in [-0.2, -0.15) is 10.2 Å². The number of rotatable bonds is 6. The van der Waals surface area contributed by atoms with E-state index in [1.165, 1.54) is 6.21 Å². The van der Waals surface area contributed by atoms with Crippen molar-refractivity contribution in [2.45, 2.75) is 19.8 Å². The zero-order valence-electron chi connectivity index (χ0n) is 13.6. The van der Waals surface area contributed by atoms with E-state index in [1.54, 1.807) is 38.5 Å². The normalized spacial score (nSPS) is 11.0. The lowest BCUT2D eigenvalue weighted by molar-refractivity contribution is 0.0950. The largest absolute Gasteiger partial charge is 0.497 e. The van der Waals surface area contributed by atoms with Gasteiger partial charge in [0.1, 0.15) is 11.5 Å². The molecule has 0 fully saturated rings. The van der Waals surface area contributed by atoms with Crippen LogP contribution >= 0.6 is 0 Å². The minimum Gasteiger partial charge on any atom is -0.497 e. The number of ether oxygens (including phenoxy) is 2. The third kappa shape index (κ3) is 4.09. The quantitative estimate of drug-likeness (QED) is 0.632. The Hall–Kier alpha value is -2.83. The van der Waals surface area contributed by atoms with Gasteiger partial charge in [0.15, 0.2) is 5.69 Å². The van der Waals surface area contributed by atoms with E-state index in [0.717, 1.165) is 5.69 Å². The number of methoxy groups -OCH3 is 2. The number of hydrogen-bond donors (Lipinski definition) is 2. The van der Waals surface area contributed by atoms with Crippen LogP contribution in [0.5, 0.6) is 11.5 Å². The molecule has 7 heteroatoms. The van der Waals surface area contributed by atoms with Gasteiger partial charge < -0.3 is 9.47 Å². The Labute approximate surface area is 134 Å². The van der Waals surface area contributed by atoms with Crippen LogP contribution < -0.4 is 14.9 Å². The molecule has 23 heavy (non-hydrogen) atoms. The number of aromatic nitrogens is 2. The van der Waals surface area contributed by atoms with Gasteiger partial charge in [-0.1, -0.05) is 13.8 Å². The molecule has 122 valence electrons. The van der Waals surface area contributed by atoms with Crippen molar-refractivity contribution in [3.63, 3.8) is 0 Å². The Bertz CT molecular complexity index is 707. The molecule has 1 amide bonds. The molecule has 0 saturated carbocycles. The van der Waals surface area contributed by atoms with Gasteiger partial charge in [-0.3, -0.25) is 9.89 Å². The van der Waals surface area contributed by atoms with E-state index >= 15 is 0 Å². The van der Waals surface area contributed by atoms with E-state index in [1.807, 2.05) is 13.8 Å². The second kappa shape index (κ2) is 7.44. The first-order valence-electron chi connectivity index (χ1n) is 7.16. The first kappa shape index (κ1) is 16.5. The summed E-state index contributed by atoms with van der Waals surface area (Å²) in [7, 11) is 3.14. The van der Waals surface area contributed by atoms with Gasteiger partial charge in [-0.05, 0) is 30.2 Å². The van der Waals surface area contributed by atoms with Crippen LogP contribution in [0.1, 0.15) is 41.5 Å². The number of carbonyl (C=O) groups is 1. The van der Waals surface area contributed by atoms with Crippen molar-refractivity contribution in [1.29, 1.82) is 0 Å². The number of hydrazone groups is 1. The highest BCUT2D eigenvalue weighted by atomic mass is 16.5. The maximum atomic E-state index is 12.0. The SMILES string of the molecule is COc1ccc(OC)c(C=NNC(=O)c2cc(C(C)C)[nH]n2)c1. The van der Waals surface area contributed by atoms with E-state index in [4.69, 9.17) is 9.47 Å². The Morgan fingerprint density at radius 2 is 2.09 bits per heavy atom. The van der Waals surface area contributed by atoms with Gasteiger partial charge in [0, 0.05) is 11.3 Å². The molecule has 1 aromatic heterocycles. The summed E-state index contributed by atoms with van der Waals surface area (Å²) in [5.74, 6) is 1.19. The van der Waals surface area contributed by atoms with Crippen molar-refractivity contribution in [2.24, 2.45) is 5.10 Å². The van der Waals surface area contributed by atoms with Crippen molar-refractivity contribution in [3.8, 4) is 11.5 Å². The highest BCUT2D eigenvalue weighted by molar-refractivity contribution is 5.93. The molecule has 1 aromatic carbocycles. The smallest absolute Gasteiger partial charge is 0.291 e.